The maximum Gasteiger partial charge on any atom is 0.256 e. The molecule has 0 radical (unpaired) electrons. The summed E-state index contributed by atoms with van der Waals surface area (Å²) in [6.45, 7) is 0. The molecule has 0 heterocycles. The minimum atomic E-state index is -2.14. The van der Waals surface area contributed by atoms with Crippen molar-refractivity contribution in [1.29, 1.82) is 0 Å². The van der Waals surface area contributed by atoms with Gasteiger partial charge in [-0.05, 0) is 36.4 Å². The van der Waals surface area contributed by atoms with E-state index in [1.54, 1.807) is 24.3 Å². The molecule has 28 heavy (non-hydrogen) atoms. The predicted octanol–water partition coefficient (Wildman–Crippen LogP) is -1.13. The van der Waals surface area contributed by atoms with Crippen molar-refractivity contribution in [3.05, 3.63) is 48.5 Å². The van der Waals surface area contributed by atoms with E-state index >= 15 is 0 Å². The fourth-order valence-corrected chi connectivity index (χ4v) is 2.35. The van der Waals surface area contributed by atoms with Gasteiger partial charge in [0.05, 0.1) is 0 Å². The highest BCUT2D eigenvalue weighted by Gasteiger charge is 2.37. The third-order valence-electron chi connectivity index (χ3n) is 3.84. The van der Waals surface area contributed by atoms with E-state index in [0.29, 0.717) is 11.4 Å². The van der Waals surface area contributed by atoms with Gasteiger partial charge in [0.15, 0.2) is 12.2 Å². The third-order valence-corrected chi connectivity index (χ3v) is 3.84. The molecule has 0 unspecified atom stereocenters. The first-order chi connectivity index (χ1) is 13.2. The van der Waals surface area contributed by atoms with E-state index in [2.05, 4.69) is 10.6 Å². The first-order valence-electron chi connectivity index (χ1n) is 8.24. The monoisotopic (exact) mass is 390 g/mol. The third kappa shape index (κ3) is 5.41. The molecule has 2 aromatic carbocycles. The smallest absolute Gasteiger partial charge is 0.256 e. The molecule has 0 saturated heterocycles. The normalized spacial score (nSPS) is 15.1. The molecule has 10 heteroatoms. The van der Waals surface area contributed by atoms with Gasteiger partial charge in [0.25, 0.3) is 11.8 Å². The van der Waals surface area contributed by atoms with E-state index < -0.39 is 36.2 Å². The van der Waals surface area contributed by atoms with Gasteiger partial charge in [-0.3, -0.25) is 9.59 Å². The van der Waals surface area contributed by atoms with Gasteiger partial charge in [0, 0.05) is 22.7 Å². The Morgan fingerprint density at radius 2 is 1.07 bits per heavy atom. The molecule has 0 fully saturated rings. The maximum atomic E-state index is 12.0. The molecular formula is C18H22N4O6. The largest absolute Gasteiger partial charge is 0.399 e. The molecule has 0 spiro atoms. The molecule has 0 aliphatic carbocycles. The van der Waals surface area contributed by atoms with Gasteiger partial charge in [0.2, 0.25) is 0 Å². The molecule has 2 rings (SSSR count). The van der Waals surface area contributed by atoms with E-state index in [4.69, 9.17) is 11.5 Å². The number of anilines is 4. The highest BCUT2D eigenvalue weighted by molar-refractivity contribution is 5.96. The summed E-state index contributed by atoms with van der Waals surface area (Å²) in [5.41, 5.74) is 12.4. The van der Waals surface area contributed by atoms with Crippen molar-refractivity contribution in [3.8, 4) is 0 Å². The Labute approximate surface area is 160 Å². The summed E-state index contributed by atoms with van der Waals surface area (Å²) < 4.78 is 0. The lowest BCUT2D eigenvalue weighted by molar-refractivity contribution is -0.150. The molecule has 10 N–H and O–H groups in total. The van der Waals surface area contributed by atoms with Gasteiger partial charge >= 0.3 is 0 Å². The molecule has 0 bridgehead atoms. The Morgan fingerprint density at radius 1 is 0.714 bits per heavy atom. The first-order valence-corrected chi connectivity index (χ1v) is 8.24. The summed E-state index contributed by atoms with van der Waals surface area (Å²) >= 11 is 0. The van der Waals surface area contributed by atoms with E-state index in [-0.39, 0.29) is 11.4 Å². The standard InChI is InChI=1S/C18H22N4O6/c19-9-3-1-5-11(7-9)21-17(27)15(25)13(23)14(24)16(26)18(28)22-12-6-2-4-10(20)8-12/h1-8,13-16,23-26H,19-20H2,(H,21,27)(H,22,28)/t13-,14-,15-,16+/m0/s1. The number of nitrogens with one attached hydrogen (secondary N) is 2. The van der Waals surface area contributed by atoms with Crippen LogP contribution in [-0.4, -0.2) is 56.7 Å². The minimum absolute atomic E-state index is 0.255. The molecule has 0 saturated carbocycles. The number of benzene rings is 2. The maximum absolute atomic E-state index is 12.0. The van der Waals surface area contributed by atoms with Gasteiger partial charge in [-0.2, -0.15) is 0 Å². The number of rotatable bonds is 7. The number of aliphatic hydroxyl groups is 4. The lowest BCUT2D eigenvalue weighted by Crippen LogP contribution is -2.52. The van der Waals surface area contributed by atoms with Crippen LogP contribution >= 0.6 is 0 Å². The molecule has 2 amide bonds. The number of hydrogen-bond acceptors (Lipinski definition) is 8. The highest BCUT2D eigenvalue weighted by Crippen LogP contribution is 2.15. The second-order valence-electron chi connectivity index (χ2n) is 6.10. The number of nitrogens with two attached hydrogens (primary N) is 2. The van der Waals surface area contributed by atoms with E-state index in [9.17, 15) is 30.0 Å². The van der Waals surface area contributed by atoms with Crippen LogP contribution in [0.15, 0.2) is 48.5 Å². The number of nitrogen functional groups attached to an aromatic ring is 2. The lowest BCUT2D eigenvalue weighted by Gasteiger charge is -2.25. The summed E-state index contributed by atoms with van der Waals surface area (Å²) in [5, 5.41) is 44.4. The number of aliphatic hydroxyl groups excluding tert-OH is 4. The quantitative estimate of drug-likeness (QED) is 0.272. The summed E-state index contributed by atoms with van der Waals surface area (Å²) in [7, 11) is 0. The Bertz CT molecular complexity index is 777. The van der Waals surface area contributed by atoms with Crippen molar-refractivity contribution in [1.82, 2.24) is 0 Å². The summed E-state index contributed by atoms with van der Waals surface area (Å²) in [4.78, 5) is 24.0. The lowest BCUT2D eigenvalue weighted by atomic mass is 10.0. The molecule has 0 aliphatic rings. The van der Waals surface area contributed by atoms with Crippen LogP contribution in [-0.2, 0) is 9.59 Å². The molecule has 0 aliphatic heterocycles. The van der Waals surface area contributed by atoms with Crippen LogP contribution < -0.4 is 22.1 Å². The minimum Gasteiger partial charge on any atom is -0.399 e. The van der Waals surface area contributed by atoms with E-state index in [1.165, 1.54) is 24.3 Å². The topological polar surface area (TPSA) is 191 Å². The van der Waals surface area contributed by atoms with E-state index in [1.807, 2.05) is 0 Å². The zero-order chi connectivity index (χ0) is 20.8. The molecule has 4 atom stereocenters. The second-order valence-corrected chi connectivity index (χ2v) is 6.10. The van der Waals surface area contributed by atoms with Crippen molar-refractivity contribution in [2.45, 2.75) is 24.4 Å². The van der Waals surface area contributed by atoms with E-state index in [0.717, 1.165) is 0 Å². The van der Waals surface area contributed by atoms with Crippen molar-refractivity contribution < 1.29 is 30.0 Å². The fraction of sp³-hybridized carbons (Fsp3) is 0.222. The molecule has 2 aromatic rings. The molecule has 150 valence electrons. The number of hydrogen-bond donors (Lipinski definition) is 8. The van der Waals surface area contributed by atoms with Crippen LogP contribution in [0.1, 0.15) is 0 Å². The van der Waals surface area contributed by atoms with Gasteiger partial charge in [-0.25, -0.2) is 0 Å². The van der Waals surface area contributed by atoms with Crippen LogP contribution in [0.25, 0.3) is 0 Å². The van der Waals surface area contributed by atoms with Crippen molar-refractivity contribution in [2.24, 2.45) is 0 Å². The van der Waals surface area contributed by atoms with Gasteiger partial charge in [0.1, 0.15) is 12.2 Å². The second kappa shape index (κ2) is 9.15. The zero-order valence-electron chi connectivity index (χ0n) is 14.7. The summed E-state index contributed by atoms with van der Waals surface area (Å²) in [6.07, 6.45) is -8.51. The van der Waals surface area contributed by atoms with Crippen molar-refractivity contribution in [3.63, 3.8) is 0 Å². The number of amides is 2. The predicted molar refractivity (Wildman–Crippen MR) is 103 cm³/mol. The number of carbonyl (C=O) groups excluding carboxylic acids is 2. The first kappa shape index (κ1) is 21.1. The molecular weight excluding hydrogens is 368 g/mol. The molecule has 0 aromatic heterocycles. The van der Waals surface area contributed by atoms with Crippen molar-refractivity contribution in [2.75, 3.05) is 22.1 Å². The zero-order valence-corrected chi connectivity index (χ0v) is 14.7. The van der Waals surface area contributed by atoms with Crippen molar-refractivity contribution >= 4 is 34.6 Å². The van der Waals surface area contributed by atoms with Crippen LogP contribution in [0, 0.1) is 0 Å². The van der Waals surface area contributed by atoms with Crippen LogP contribution in [0.4, 0.5) is 22.7 Å². The average Bonchev–Trinajstić information content (AvgIpc) is 2.65. The Morgan fingerprint density at radius 3 is 1.39 bits per heavy atom. The van der Waals surface area contributed by atoms with Gasteiger partial charge < -0.3 is 42.5 Å². The Hall–Kier alpha value is -3.18. The SMILES string of the molecule is Nc1cccc(NC(=O)[C@@H](O)[C@@H](O)[C@H](O)[C@@H](O)C(=O)Nc2cccc(N)c2)c1. The summed E-state index contributed by atoms with van der Waals surface area (Å²) in [5.74, 6) is -2.11. The molecule has 10 nitrogen and oxygen atoms in total. The summed E-state index contributed by atoms with van der Waals surface area (Å²) in [6, 6.07) is 12.1. The Kier molecular flexibility index (Phi) is 6.90. The van der Waals surface area contributed by atoms with Crippen LogP contribution in [0.3, 0.4) is 0 Å². The van der Waals surface area contributed by atoms with Gasteiger partial charge in [-0.1, -0.05) is 12.1 Å². The number of carbonyl (C=O) groups is 2. The van der Waals surface area contributed by atoms with Crippen LogP contribution in [0.2, 0.25) is 0 Å². The average molecular weight is 390 g/mol. The fourth-order valence-electron chi connectivity index (χ4n) is 2.35. The Balaban J connectivity index is 1.97. The van der Waals surface area contributed by atoms with Gasteiger partial charge in [-0.15, -0.1) is 0 Å². The highest BCUT2D eigenvalue weighted by atomic mass is 16.4. The van der Waals surface area contributed by atoms with Crippen LogP contribution in [0.5, 0.6) is 0 Å².